The highest BCUT2D eigenvalue weighted by atomic mass is 32.2. The molecule has 32 heavy (non-hydrogen) atoms. The van der Waals surface area contributed by atoms with Gasteiger partial charge in [-0.3, -0.25) is 0 Å². The smallest absolute Gasteiger partial charge is 0.338 e. The van der Waals surface area contributed by atoms with Crippen LogP contribution in [0, 0.1) is 47.2 Å². The second kappa shape index (κ2) is 7.69. The van der Waals surface area contributed by atoms with Gasteiger partial charge in [-0.2, -0.15) is 0 Å². The minimum absolute atomic E-state index is 0.00633. The summed E-state index contributed by atoms with van der Waals surface area (Å²) in [7, 11) is -4.48. The van der Waals surface area contributed by atoms with E-state index in [2.05, 4.69) is 0 Å². The molecule has 4 aliphatic carbocycles. The SMILES string of the molecule is CC(C)(Oc1cc(C(=O)OCCS(=O)(=O)[O-])ccc1F)C1CC2CC1C1C3CCC(C3)C21. The molecule has 0 spiro atoms. The molecule has 6 nitrogen and oxygen atoms in total. The molecule has 0 heterocycles. The highest BCUT2D eigenvalue weighted by molar-refractivity contribution is 7.85. The van der Waals surface area contributed by atoms with Gasteiger partial charge in [-0.25, -0.2) is 17.6 Å². The number of ether oxygens (including phenoxy) is 2. The van der Waals surface area contributed by atoms with E-state index < -0.39 is 39.9 Å². The van der Waals surface area contributed by atoms with Crippen LogP contribution in [0.2, 0.25) is 0 Å². The van der Waals surface area contributed by atoms with Crippen LogP contribution < -0.4 is 4.74 Å². The average Bonchev–Trinajstić information content (AvgIpc) is 3.48. The van der Waals surface area contributed by atoms with E-state index in [0.29, 0.717) is 11.8 Å². The van der Waals surface area contributed by atoms with Crippen LogP contribution in [-0.2, 0) is 14.9 Å². The third-order valence-corrected chi connectivity index (χ3v) is 9.40. The van der Waals surface area contributed by atoms with Crippen LogP contribution in [0.5, 0.6) is 5.75 Å². The van der Waals surface area contributed by atoms with E-state index >= 15 is 0 Å². The predicted molar refractivity (Wildman–Crippen MR) is 113 cm³/mol. The van der Waals surface area contributed by atoms with Crippen LogP contribution in [0.4, 0.5) is 4.39 Å². The van der Waals surface area contributed by atoms with Gasteiger partial charge in [0.1, 0.15) is 12.2 Å². The summed E-state index contributed by atoms with van der Waals surface area (Å²) in [5.41, 5.74) is -0.520. The lowest BCUT2D eigenvalue weighted by atomic mass is 9.64. The fourth-order valence-electron chi connectivity index (χ4n) is 7.75. The molecule has 0 amide bonds. The Morgan fingerprint density at radius 3 is 2.56 bits per heavy atom. The number of fused-ring (bicyclic) bond motifs is 9. The topological polar surface area (TPSA) is 92.7 Å². The molecule has 0 N–H and O–H groups in total. The van der Waals surface area contributed by atoms with Gasteiger partial charge in [0.25, 0.3) is 0 Å². The number of esters is 1. The fourth-order valence-corrected chi connectivity index (χ4v) is 8.04. The lowest BCUT2D eigenvalue weighted by molar-refractivity contribution is -0.0236. The molecule has 8 heteroatoms. The summed E-state index contributed by atoms with van der Waals surface area (Å²) in [5, 5.41) is 0. The molecule has 4 aliphatic rings. The van der Waals surface area contributed by atoms with Crippen molar-refractivity contribution < 1.29 is 31.6 Å². The molecule has 1 aromatic rings. The first-order valence-electron chi connectivity index (χ1n) is 11.6. The minimum Gasteiger partial charge on any atom is -0.748 e. The molecule has 7 atom stereocenters. The Hall–Kier alpha value is -1.67. The van der Waals surface area contributed by atoms with Gasteiger partial charge in [0.2, 0.25) is 0 Å². The maximum absolute atomic E-state index is 14.6. The summed E-state index contributed by atoms with van der Waals surface area (Å²) in [4.78, 5) is 12.2. The average molecular weight is 466 g/mol. The maximum Gasteiger partial charge on any atom is 0.338 e. The molecule has 0 saturated heterocycles. The number of halogens is 1. The van der Waals surface area contributed by atoms with E-state index in [1.807, 2.05) is 13.8 Å². The number of carbonyl (C=O) groups excluding carboxylic acids is 1. The van der Waals surface area contributed by atoms with E-state index in [0.717, 1.165) is 42.1 Å². The third kappa shape index (κ3) is 3.83. The van der Waals surface area contributed by atoms with Crippen LogP contribution in [0.15, 0.2) is 18.2 Å². The van der Waals surface area contributed by atoms with Crippen molar-refractivity contribution in [2.45, 2.75) is 51.6 Å². The quantitative estimate of drug-likeness (QED) is 0.343. The summed E-state index contributed by atoms with van der Waals surface area (Å²) in [6.45, 7) is 3.49. The highest BCUT2D eigenvalue weighted by Crippen LogP contribution is 2.70. The predicted octanol–water partition coefficient (Wildman–Crippen LogP) is 4.00. The molecular weight excluding hydrogens is 435 g/mol. The van der Waals surface area contributed by atoms with Crippen molar-refractivity contribution in [1.82, 2.24) is 0 Å². The Balaban J connectivity index is 1.28. The Kier molecular flexibility index (Phi) is 5.32. The van der Waals surface area contributed by atoms with Crippen LogP contribution >= 0.6 is 0 Å². The van der Waals surface area contributed by atoms with Gasteiger partial charge in [0.05, 0.1) is 21.4 Å². The summed E-state index contributed by atoms with van der Waals surface area (Å²) >= 11 is 0. The molecule has 0 aliphatic heterocycles. The third-order valence-electron chi connectivity index (χ3n) is 8.73. The highest BCUT2D eigenvalue weighted by Gasteiger charge is 2.64. The summed E-state index contributed by atoms with van der Waals surface area (Å²) in [5.74, 6) is 3.01. The standard InChI is InChI=1S/C24H31FO6S/c1-24(2,18-11-16-10-17(18)22-14-4-3-13(9-14)21(16)22)31-20-12-15(5-6-19(20)25)23(26)30-7-8-32(27,28)29/h5-6,12-14,16-18,21-22H,3-4,7-11H2,1-2H3,(H,27,28,29)/p-1. The Labute approximate surface area is 188 Å². The molecule has 7 unspecified atom stereocenters. The van der Waals surface area contributed by atoms with E-state index in [1.165, 1.54) is 37.8 Å². The van der Waals surface area contributed by atoms with Gasteiger partial charge in [-0.05, 0) is 99.7 Å². The molecule has 0 aromatic heterocycles. The van der Waals surface area contributed by atoms with Gasteiger partial charge in [-0.1, -0.05) is 0 Å². The van der Waals surface area contributed by atoms with Crippen LogP contribution in [-0.4, -0.2) is 36.9 Å². The normalized spacial score (nSPS) is 35.2. The van der Waals surface area contributed by atoms with Crippen molar-refractivity contribution in [2.24, 2.45) is 41.4 Å². The van der Waals surface area contributed by atoms with Crippen molar-refractivity contribution in [2.75, 3.05) is 12.4 Å². The Morgan fingerprint density at radius 2 is 1.84 bits per heavy atom. The second-order valence-corrected chi connectivity index (χ2v) is 12.3. The molecule has 4 fully saturated rings. The molecule has 1 aromatic carbocycles. The Bertz CT molecular complexity index is 1020. The van der Waals surface area contributed by atoms with Crippen molar-refractivity contribution in [3.05, 3.63) is 29.6 Å². The Morgan fingerprint density at radius 1 is 1.12 bits per heavy atom. The molecule has 4 bridgehead atoms. The summed E-state index contributed by atoms with van der Waals surface area (Å²) < 4.78 is 57.7. The molecule has 4 saturated carbocycles. The van der Waals surface area contributed by atoms with Gasteiger partial charge >= 0.3 is 5.97 Å². The first-order valence-corrected chi connectivity index (χ1v) is 13.2. The van der Waals surface area contributed by atoms with E-state index in [1.54, 1.807) is 0 Å². The van der Waals surface area contributed by atoms with Gasteiger partial charge in [0.15, 0.2) is 11.6 Å². The van der Waals surface area contributed by atoms with Crippen LogP contribution in [0.1, 0.15) is 56.3 Å². The molecular formula is C24H30FO6S-. The number of benzene rings is 1. The zero-order valence-corrected chi connectivity index (χ0v) is 19.3. The van der Waals surface area contributed by atoms with E-state index in [-0.39, 0.29) is 11.3 Å². The minimum atomic E-state index is -4.48. The monoisotopic (exact) mass is 465 g/mol. The maximum atomic E-state index is 14.6. The summed E-state index contributed by atoms with van der Waals surface area (Å²) in [6.07, 6.45) is 6.53. The van der Waals surface area contributed by atoms with Gasteiger partial charge in [-0.15, -0.1) is 0 Å². The number of rotatable bonds is 7. The van der Waals surface area contributed by atoms with Crippen molar-refractivity contribution >= 4 is 16.1 Å². The van der Waals surface area contributed by atoms with Crippen molar-refractivity contribution in [3.8, 4) is 5.75 Å². The number of carbonyl (C=O) groups is 1. The van der Waals surface area contributed by atoms with E-state index in [4.69, 9.17) is 9.47 Å². The van der Waals surface area contributed by atoms with Gasteiger partial charge in [0, 0.05) is 5.92 Å². The van der Waals surface area contributed by atoms with Crippen LogP contribution in [0.3, 0.4) is 0 Å². The van der Waals surface area contributed by atoms with Crippen molar-refractivity contribution in [1.29, 1.82) is 0 Å². The van der Waals surface area contributed by atoms with Gasteiger partial charge < -0.3 is 14.0 Å². The molecule has 5 rings (SSSR count). The lowest BCUT2D eigenvalue weighted by Crippen LogP contribution is -2.45. The molecule has 0 radical (unpaired) electrons. The first kappa shape index (κ1) is 22.1. The number of hydrogen-bond donors (Lipinski definition) is 0. The zero-order chi connectivity index (χ0) is 22.8. The molecule has 176 valence electrons. The lowest BCUT2D eigenvalue weighted by Gasteiger charge is -2.44. The number of hydrogen-bond acceptors (Lipinski definition) is 6. The fraction of sp³-hybridized carbons (Fsp3) is 0.708. The van der Waals surface area contributed by atoms with E-state index in [9.17, 15) is 22.2 Å². The summed E-state index contributed by atoms with van der Waals surface area (Å²) in [6, 6.07) is 3.72. The largest absolute Gasteiger partial charge is 0.748 e. The first-order chi connectivity index (χ1) is 15.0. The zero-order valence-electron chi connectivity index (χ0n) is 18.5. The van der Waals surface area contributed by atoms with Crippen LogP contribution in [0.25, 0.3) is 0 Å². The second-order valence-electron chi connectivity index (χ2n) is 10.7. The van der Waals surface area contributed by atoms with Crippen molar-refractivity contribution in [3.63, 3.8) is 0 Å².